The van der Waals surface area contributed by atoms with Crippen molar-refractivity contribution in [3.63, 3.8) is 0 Å². The van der Waals surface area contributed by atoms with E-state index in [2.05, 4.69) is 15.2 Å². The van der Waals surface area contributed by atoms with Gasteiger partial charge in [-0.3, -0.25) is 4.98 Å². The monoisotopic (exact) mass is 137 g/mol. The van der Waals surface area contributed by atoms with E-state index in [0.29, 0.717) is 12.2 Å². The zero-order valence-corrected chi connectivity index (χ0v) is 5.08. The second-order valence-corrected chi connectivity index (χ2v) is 2.02. The van der Waals surface area contributed by atoms with Crippen molar-refractivity contribution in [2.24, 2.45) is 10.2 Å². The number of azo groups is 1. The van der Waals surface area contributed by atoms with Crippen LogP contribution in [0.2, 0.25) is 0 Å². The molecule has 1 aliphatic heterocycles. The Labute approximate surface area is 56.6 Å². The van der Waals surface area contributed by atoms with E-state index >= 15 is 0 Å². The van der Waals surface area contributed by atoms with Crippen molar-refractivity contribution in [1.29, 1.82) is 0 Å². The molecular formula is C6H4FN3. The lowest BCUT2D eigenvalue weighted by atomic mass is 10.3. The lowest BCUT2D eigenvalue weighted by Crippen LogP contribution is -1.84. The zero-order chi connectivity index (χ0) is 6.97. The number of pyridine rings is 1. The van der Waals surface area contributed by atoms with Gasteiger partial charge in [-0.1, -0.05) is 0 Å². The van der Waals surface area contributed by atoms with Gasteiger partial charge in [0.2, 0.25) is 0 Å². The molecule has 0 bridgehead atoms. The summed E-state index contributed by atoms with van der Waals surface area (Å²) in [6.45, 7) is 0.482. The van der Waals surface area contributed by atoms with Gasteiger partial charge in [0, 0.05) is 6.07 Å². The first kappa shape index (κ1) is 5.46. The van der Waals surface area contributed by atoms with Crippen molar-refractivity contribution in [1.82, 2.24) is 4.98 Å². The third-order valence-electron chi connectivity index (χ3n) is 1.31. The van der Waals surface area contributed by atoms with Crippen LogP contribution < -0.4 is 0 Å². The molecular weight excluding hydrogens is 133 g/mol. The standard InChI is InChI=1S/C6H4FN3/c7-4-1-5-6(8-2-4)3-9-10-5/h1-2H,3H2. The van der Waals surface area contributed by atoms with Crippen molar-refractivity contribution in [2.45, 2.75) is 6.54 Å². The van der Waals surface area contributed by atoms with Crippen molar-refractivity contribution in [2.75, 3.05) is 0 Å². The molecule has 0 aromatic carbocycles. The van der Waals surface area contributed by atoms with Crippen LogP contribution in [0.15, 0.2) is 22.5 Å². The Kier molecular flexibility index (Phi) is 1.00. The summed E-state index contributed by atoms with van der Waals surface area (Å²) in [5.74, 6) is -0.361. The van der Waals surface area contributed by atoms with E-state index in [-0.39, 0.29) is 5.82 Å². The Hall–Kier alpha value is -1.32. The van der Waals surface area contributed by atoms with Gasteiger partial charge >= 0.3 is 0 Å². The molecule has 2 rings (SSSR count). The molecule has 10 heavy (non-hydrogen) atoms. The van der Waals surface area contributed by atoms with Gasteiger partial charge in [-0.05, 0) is 0 Å². The quantitative estimate of drug-likeness (QED) is 0.537. The Morgan fingerprint density at radius 1 is 1.50 bits per heavy atom. The highest BCUT2D eigenvalue weighted by Gasteiger charge is 2.08. The zero-order valence-electron chi connectivity index (χ0n) is 5.08. The molecule has 0 radical (unpaired) electrons. The number of hydrogen-bond acceptors (Lipinski definition) is 3. The van der Waals surface area contributed by atoms with E-state index in [9.17, 15) is 4.39 Å². The normalized spacial score (nSPS) is 13.7. The van der Waals surface area contributed by atoms with Gasteiger partial charge in [0.25, 0.3) is 0 Å². The molecule has 0 aliphatic carbocycles. The third-order valence-corrected chi connectivity index (χ3v) is 1.31. The van der Waals surface area contributed by atoms with Gasteiger partial charge in [0.15, 0.2) is 0 Å². The molecule has 2 heterocycles. The number of fused-ring (bicyclic) bond motifs is 1. The van der Waals surface area contributed by atoms with Crippen LogP contribution in [0.25, 0.3) is 0 Å². The molecule has 0 saturated carbocycles. The smallest absolute Gasteiger partial charge is 0.143 e. The molecule has 4 heteroatoms. The highest BCUT2D eigenvalue weighted by Crippen LogP contribution is 2.24. The molecule has 1 aliphatic rings. The van der Waals surface area contributed by atoms with E-state index in [1.165, 1.54) is 12.3 Å². The van der Waals surface area contributed by atoms with Gasteiger partial charge in [-0.15, -0.1) is 0 Å². The summed E-state index contributed by atoms with van der Waals surface area (Å²) in [4.78, 5) is 3.80. The van der Waals surface area contributed by atoms with Gasteiger partial charge in [0.1, 0.15) is 18.0 Å². The Balaban J connectivity index is 2.60. The second kappa shape index (κ2) is 1.83. The molecule has 0 atom stereocenters. The Morgan fingerprint density at radius 2 is 2.40 bits per heavy atom. The molecule has 0 N–H and O–H groups in total. The van der Waals surface area contributed by atoms with Gasteiger partial charge in [-0.2, -0.15) is 10.2 Å². The minimum atomic E-state index is -0.361. The maximum absolute atomic E-state index is 12.4. The molecule has 1 aromatic heterocycles. The number of aromatic nitrogens is 1. The maximum atomic E-state index is 12.4. The molecule has 50 valence electrons. The lowest BCUT2D eigenvalue weighted by Gasteiger charge is -1.91. The number of rotatable bonds is 0. The molecule has 0 saturated heterocycles. The first-order chi connectivity index (χ1) is 4.86. The SMILES string of the molecule is Fc1cnc2c(c1)N=NC2. The van der Waals surface area contributed by atoms with Gasteiger partial charge in [-0.25, -0.2) is 4.39 Å². The van der Waals surface area contributed by atoms with Gasteiger partial charge in [0.05, 0.1) is 11.9 Å². The van der Waals surface area contributed by atoms with E-state index in [4.69, 9.17) is 0 Å². The summed E-state index contributed by atoms with van der Waals surface area (Å²) in [5, 5.41) is 7.37. The van der Waals surface area contributed by atoms with Crippen LogP contribution in [0.4, 0.5) is 10.1 Å². The van der Waals surface area contributed by atoms with Crippen LogP contribution in [-0.4, -0.2) is 4.98 Å². The van der Waals surface area contributed by atoms with Gasteiger partial charge < -0.3 is 0 Å². The van der Waals surface area contributed by atoms with Crippen LogP contribution in [0.1, 0.15) is 5.69 Å². The molecule has 3 nitrogen and oxygen atoms in total. The fourth-order valence-electron chi connectivity index (χ4n) is 0.844. The Bertz CT molecular complexity index is 295. The highest BCUT2D eigenvalue weighted by molar-refractivity contribution is 5.42. The second-order valence-electron chi connectivity index (χ2n) is 2.02. The average molecular weight is 137 g/mol. The van der Waals surface area contributed by atoms with E-state index in [1.807, 2.05) is 0 Å². The molecule has 0 unspecified atom stereocenters. The summed E-state index contributed by atoms with van der Waals surface area (Å²) in [6.07, 6.45) is 1.18. The summed E-state index contributed by atoms with van der Waals surface area (Å²) >= 11 is 0. The summed E-state index contributed by atoms with van der Waals surface area (Å²) in [6, 6.07) is 1.33. The summed E-state index contributed by atoms with van der Waals surface area (Å²) in [5.41, 5.74) is 1.31. The summed E-state index contributed by atoms with van der Waals surface area (Å²) in [7, 11) is 0. The van der Waals surface area contributed by atoms with E-state index in [0.717, 1.165) is 5.69 Å². The Morgan fingerprint density at radius 3 is 3.30 bits per heavy atom. The fraction of sp³-hybridized carbons (Fsp3) is 0.167. The average Bonchev–Trinajstić information content (AvgIpc) is 2.33. The van der Waals surface area contributed by atoms with Crippen LogP contribution in [0, 0.1) is 5.82 Å². The first-order valence-corrected chi connectivity index (χ1v) is 2.88. The van der Waals surface area contributed by atoms with E-state index < -0.39 is 0 Å². The molecule has 0 fully saturated rings. The predicted octanol–water partition coefficient (Wildman–Crippen LogP) is 1.82. The molecule has 0 amide bonds. The third kappa shape index (κ3) is 0.689. The predicted molar refractivity (Wildman–Crippen MR) is 32.4 cm³/mol. The largest absolute Gasteiger partial charge is 0.254 e. The lowest BCUT2D eigenvalue weighted by molar-refractivity contribution is 0.621. The summed E-state index contributed by atoms with van der Waals surface area (Å²) < 4.78 is 12.4. The van der Waals surface area contributed by atoms with Crippen molar-refractivity contribution in [3.8, 4) is 0 Å². The van der Waals surface area contributed by atoms with Crippen LogP contribution in [0.3, 0.4) is 0 Å². The first-order valence-electron chi connectivity index (χ1n) is 2.88. The topological polar surface area (TPSA) is 37.6 Å². The van der Waals surface area contributed by atoms with Crippen molar-refractivity contribution in [3.05, 3.63) is 23.8 Å². The van der Waals surface area contributed by atoms with Crippen molar-refractivity contribution >= 4 is 5.69 Å². The number of hydrogen-bond donors (Lipinski definition) is 0. The number of halogens is 1. The number of nitrogens with zero attached hydrogens (tertiary/aromatic N) is 3. The molecule has 0 spiro atoms. The van der Waals surface area contributed by atoms with Crippen LogP contribution >= 0.6 is 0 Å². The molecule has 1 aromatic rings. The van der Waals surface area contributed by atoms with Crippen LogP contribution in [0.5, 0.6) is 0 Å². The van der Waals surface area contributed by atoms with Crippen LogP contribution in [-0.2, 0) is 6.54 Å². The minimum Gasteiger partial charge on any atom is -0.254 e. The maximum Gasteiger partial charge on any atom is 0.143 e. The highest BCUT2D eigenvalue weighted by atomic mass is 19.1. The van der Waals surface area contributed by atoms with E-state index in [1.54, 1.807) is 0 Å². The fourth-order valence-corrected chi connectivity index (χ4v) is 0.844. The van der Waals surface area contributed by atoms with Crippen molar-refractivity contribution < 1.29 is 4.39 Å². The minimum absolute atomic E-state index is 0.361.